The lowest BCUT2D eigenvalue weighted by Gasteiger charge is -2.16. The summed E-state index contributed by atoms with van der Waals surface area (Å²) >= 11 is 0. The van der Waals surface area contributed by atoms with Crippen LogP contribution in [0.2, 0.25) is 0 Å². The molecule has 2 aromatic rings. The SMILES string of the molecule is Cc1cccc(C(=O)NCC(N)C2CC2)c1NC(=O)c1ccccc1F.Cl. The summed E-state index contributed by atoms with van der Waals surface area (Å²) in [5, 5.41) is 5.49. The molecule has 4 N–H and O–H groups in total. The van der Waals surface area contributed by atoms with E-state index >= 15 is 0 Å². The number of para-hydroxylation sites is 1. The molecule has 144 valence electrons. The minimum atomic E-state index is -0.611. The number of anilines is 1. The number of hydrogen-bond donors (Lipinski definition) is 3. The predicted octanol–water partition coefficient (Wildman–Crippen LogP) is 3.28. The van der Waals surface area contributed by atoms with E-state index in [9.17, 15) is 14.0 Å². The molecule has 0 aliphatic heterocycles. The Labute approximate surface area is 163 Å². The molecule has 2 aromatic carbocycles. The fraction of sp³-hybridized carbons (Fsp3) is 0.300. The number of rotatable bonds is 6. The number of amides is 2. The summed E-state index contributed by atoms with van der Waals surface area (Å²) in [4.78, 5) is 25.0. The molecule has 0 bridgehead atoms. The van der Waals surface area contributed by atoms with Crippen LogP contribution in [0.3, 0.4) is 0 Å². The average molecular weight is 392 g/mol. The molecule has 0 spiro atoms. The van der Waals surface area contributed by atoms with Crippen molar-refractivity contribution in [2.24, 2.45) is 11.7 Å². The van der Waals surface area contributed by atoms with Gasteiger partial charge in [-0.2, -0.15) is 0 Å². The van der Waals surface area contributed by atoms with Gasteiger partial charge in [0.15, 0.2) is 0 Å². The number of halogens is 2. The van der Waals surface area contributed by atoms with Gasteiger partial charge in [-0.05, 0) is 49.4 Å². The summed E-state index contributed by atoms with van der Waals surface area (Å²) in [6.07, 6.45) is 2.21. The van der Waals surface area contributed by atoms with Crippen LogP contribution in [0.4, 0.5) is 10.1 Å². The average Bonchev–Trinajstić information content (AvgIpc) is 3.46. The van der Waals surface area contributed by atoms with Gasteiger partial charge < -0.3 is 16.4 Å². The number of aryl methyl sites for hydroxylation is 1. The highest BCUT2D eigenvalue weighted by atomic mass is 35.5. The van der Waals surface area contributed by atoms with Crippen molar-refractivity contribution in [2.75, 3.05) is 11.9 Å². The minimum Gasteiger partial charge on any atom is -0.350 e. The molecule has 1 atom stereocenters. The smallest absolute Gasteiger partial charge is 0.258 e. The molecular weight excluding hydrogens is 369 g/mol. The fourth-order valence-electron chi connectivity index (χ4n) is 2.85. The highest BCUT2D eigenvalue weighted by molar-refractivity contribution is 6.09. The third-order valence-corrected chi connectivity index (χ3v) is 4.60. The van der Waals surface area contributed by atoms with Gasteiger partial charge >= 0.3 is 0 Å². The maximum atomic E-state index is 13.8. The standard InChI is InChI=1S/C20H22FN3O2.ClH/c1-12-5-4-7-15(19(25)23-11-17(22)13-9-10-13)18(12)24-20(26)14-6-2-3-8-16(14)21;/h2-8,13,17H,9-11,22H2,1H3,(H,23,25)(H,24,26);1H. The Bertz CT molecular complexity index is 840. The first-order valence-corrected chi connectivity index (χ1v) is 8.66. The van der Waals surface area contributed by atoms with E-state index in [4.69, 9.17) is 5.73 Å². The molecule has 1 aliphatic carbocycles. The second-order valence-electron chi connectivity index (χ2n) is 6.64. The molecule has 27 heavy (non-hydrogen) atoms. The summed E-state index contributed by atoms with van der Waals surface area (Å²) in [6.45, 7) is 2.17. The lowest BCUT2D eigenvalue weighted by atomic mass is 10.1. The molecule has 0 saturated heterocycles. The van der Waals surface area contributed by atoms with Gasteiger partial charge in [-0.15, -0.1) is 12.4 Å². The zero-order chi connectivity index (χ0) is 18.7. The summed E-state index contributed by atoms with van der Waals surface area (Å²) < 4.78 is 13.8. The molecule has 5 nitrogen and oxygen atoms in total. The molecule has 0 radical (unpaired) electrons. The third-order valence-electron chi connectivity index (χ3n) is 4.60. The molecule has 1 unspecified atom stereocenters. The van der Waals surface area contributed by atoms with Crippen molar-refractivity contribution in [1.82, 2.24) is 5.32 Å². The van der Waals surface area contributed by atoms with Crippen LogP contribution in [0.15, 0.2) is 42.5 Å². The van der Waals surface area contributed by atoms with Gasteiger partial charge in [0, 0.05) is 12.6 Å². The Morgan fingerprint density at radius 1 is 1.11 bits per heavy atom. The zero-order valence-electron chi connectivity index (χ0n) is 15.0. The van der Waals surface area contributed by atoms with Gasteiger partial charge in [-0.3, -0.25) is 9.59 Å². The first-order valence-electron chi connectivity index (χ1n) is 8.66. The maximum absolute atomic E-state index is 13.8. The summed E-state index contributed by atoms with van der Waals surface area (Å²) in [6, 6.07) is 10.8. The van der Waals surface area contributed by atoms with Crippen LogP contribution < -0.4 is 16.4 Å². The number of carbonyl (C=O) groups excluding carboxylic acids is 2. The fourth-order valence-corrected chi connectivity index (χ4v) is 2.85. The molecular formula is C20H23ClFN3O2. The monoisotopic (exact) mass is 391 g/mol. The van der Waals surface area contributed by atoms with Crippen LogP contribution in [0.25, 0.3) is 0 Å². The molecule has 7 heteroatoms. The number of nitrogens with one attached hydrogen (secondary N) is 2. The molecule has 0 heterocycles. The van der Waals surface area contributed by atoms with Gasteiger partial charge in [0.2, 0.25) is 0 Å². The number of carbonyl (C=O) groups is 2. The van der Waals surface area contributed by atoms with Gasteiger partial charge in [0.05, 0.1) is 16.8 Å². The Hall–Kier alpha value is -2.44. The number of hydrogen-bond acceptors (Lipinski definition) is 3. The van der Waals surface area contributed by atoms with E-state index in [1.807, 2.05) is 0 Å². The quantitative estimate of drug-likeness (QED) is 0.706. The molecule has 3 rings (SSSR count). The van der Waals surface area contributed by atoms with E-state index in [0.717, 1.165) is 12.8 Å². The van der Waals surface area contributed by atoms with Crippen molar-refractivity contribution >= 4 is 29.9 Å². The van der Waals surface area contributed by atoms with Crippen molar-refractivity contribution in [3.05, 3.63) is 65.0 Å². The zero-order valence-corrected chi connectivity index (χ0v) is 15.8. The van der Waals surface area contributed by atoms with Crippen molar-refractivity contribution < 1.29 is 14.0 Å². The Morgan fingerprint density at radius 2 is 1.78 bits per heavy atom. The Kier molecular flexibility index (Phi) is 6.93. The first-order chi connectivity index (χ1) is 12.5. The lowest BCUT2D eigenvalue weighted by Crippen LogP contribution is -2.38. The highest BCUT2D eigenvalue weighted by Crippen LogP contribution is 2.31. The normalized spacial score (nSPS) is 14.0. The van der Waals surface area contributed by atoms with E-state index in [-0.39, 0.29) is 29.9 Å². The van der Waals surface area contributed by atoms with Gasteiger partial charge in [-0.25, -0.2) is 4.39 Å². The molecule has 1 saturated carbocycles. The molecule has 1 aliphatic rings. The minimum absolute atomic E-state index is 0. The summed E-state index contributed by atoms with van der Waals surface area (Å²) in [5.41, 5.74) is 7.37. The van der Waals surface area contributed by atoms with E-state index in [1.54, 1.807) is 31.2 Å². The van der Waals surface area contributed by atoms with Gasteiger partial charge in [0.1, 0.15) is 5.82 Å². The number of nitrogens with two attached hydrogens (primary N) is 1. The number of benzene rings is 2. The predicted molar refractivity (Wildman–Crippen MR) is 106 cm³/mol. The second-order valence-corrected chi connectivity index (χ2v) is 6.64. The van der Waals surface area contributed by atoms with Crippen molar-refractivity contribution in [3.63, 3.8) is 0 Å². The van der Waals surface area contributed by atoms with Crippen LogP contribution >= 0.6 is 12.4 Å². The van der Waals surface area contributed by atoms with E-state index in [2.05, 4.69) is 10.6 Å². The van der Waals surface area contributed by atoms with Crippen molar-refractivity contribution in [1.29, 1.82) is 0 Å². The largest absolute Gasteiger partial charge is 0.350 e. The Balaban J connectivity index is 0.00000261. The third kappa shape index (κ3) is 5.05. The van der Waals surface area contributed by atoms with Gasteiger partial charge in [0.25, 0.3) is 11.8 Å². The Morgan fingerprint density at radius 3 is 2.44 bits per heavy atom. The topological polar surface area (TPSA) is 84.2 Å². The maximum Gasteiger partial charge on any atom is 0.258 e. The van der Waals surface area contributed by atoms with Crippen LogP contribution in [0.1, 0.15) is 39.1 Å². The second kappa shape index (κ2) is 8.97. The van der Waals surface area contributed by atoms with E-state index in [0.29, 0.717) is 29.3 Å². The van der Waals surface area contributed by atoms with Crippen molar-refractivity contribution in [2.45, 2.75) is 25.8 Å². The van der Waals surface area contributed by atoms with Crippen LogP contribution in [0, 0.1) is 18.7 Å². The van der Waals surface area contributed by atoms with E-state index < -0.39 is 11.7 Å². The summed E-state index contributed by atoms with van der Waals surface area (Å²) in [5.74, 6) is -1.04. The molecule has 1 fully saturated rings. The first kappa shape index (κ1) is 20.9. The van der Waals surface area contributed by atoms with Crippen LogP contribution in [-0.4, -0.2) is 24.4 Å². The molecule has 2 amide bonds. The highest BCUT2D eigenvalue weighted by Gasteiger charge is 2.28. The van der Waals surface area contributed by atoms with E-state index in [1.165, 1.54) is 18.2 Å². The van der Waals surface area contributed by atoms with Crippen LogP contribution in [-0.2, 0) is 0 Å². The molecule has 0 aromatic heterocycles. The lowest BCUT2D eigenvalue weighted by molar-refractivity contribution is 0.0951. The van der Waals surface area contributed by atoms with Gasteiger partial charge in [-0.1, -0.05) is 24.3 Å². The van der Waals surface area contributed by atoms with Crippen molar-refractivity contribution in [3.8, 4) is 0 Å². The summed E-state index contributed by atoms with van der Waals surface area (Å²) in [7, 11) is 0. The van der Waals surface area contributed by atoms with Crippen LogP contribution in [0.5, 0.6) is 0 Å².